The minimum Gasteiger partial charge on any atom is -0.465 e. The first-order valence-electron chi connectivity index (χ1n) is 17.0. The third-order valence-electron chi connectivity index (χ3n) is 9.18. The number of unbranched alkanes of at least 4 members (excludes halogenated alkanes) is 3. The summed E-state index contributed by atoms with van der Waals surface area (Å²) in [4.78, 5) is 26.3. The highest BCUT2D eigenvalue weighted by Crippen LogP contribution is 2.40. The fourth-order valence-corrected chi connectivity index (χ4v) is 6.76. The lowest BCUT2D eigenvalue weighted by atomic mass is 9.82. The first-order valence-corrected chi connectivity index (χ1v) is 17.0. The number of hydrogen-bond donors (Lipinski definition) is 0. The van der Waals surface area contributed by atoms with E-state index in [1.807, 2.05) is 42.7 Å². The number of nitrogens with zero attached hydrogens (tertiary/aromatic N) is 5. The van der Waals surface area contributed by atoms with Crippen LogP contribution in [-0.2, 0) is 16.7 Å². The predicted molar refractivity (Wildman–Crippen MR) is 193 cm³/mol. The molecule has 6 rings (SSSR count). The van der Waals surface area contributed by atoms with Crippen molar-refractivity contribution in [2.24, 2.45) is 0 Å². The summed E-state index contributed by atoms with van der Waals surface area (Å²) in [7, 11) is 1.45. The van der Waals surface area contributed by atoms with Gasteiger partial charge in [0.2, 0.25) is 0 Å². The predicted octanol–water partition coefficient (Wildman–Crippen LogP) is 9.46. The van der Waals surface area contributed by atoms with E-state index in [2.05, 4.69) is 92.0 Å². The van der Waals surface area contributed by atoms with E-state index in [1.165, 1.54) is 32.2 Å². The van der Waals surface area contributed by atoms with E-state index >= 15 is 0 Å². The number of hydrogen-bond acceptors (Lipinski definition) is 5. The van der Waals surface area contributed by atoms with Gasteiger partial charge in [-0.2, -0.15) is 0 Å². The molecule has 0 spiro atoms. The molecule has 0 saturated carbocycles. The smallest absolute Gasteiger partial charge is 0.340 e. The van der Waals surface area contributed by atoms with Gasteiger partial charge in [-0.1, -0.05) is 95.5 Å². The van der Waals surface area contributed by atoms with Crippen LogP contribution in [0.4, 0.5) is 5.82 Å². The molecule has 0 saturated heterocycles. The number of benzene rings is 3. The fourth-order valence-electron chi connectivity index (χ4n) is 6.76. The maximum absolute atomic E-state index is 13.7. The molecule has 0 amide bonds. The van der Waals surface area contributed by atoms with Crippen molar-refractivity contribution in [3.63, 3.8) is 0 Å². The lowest BCUT2D eigenvalue weighted by molar-refractivity contribution is 0.0601. The topological polar surface area (TPSA) is 65.2 Å². The van der Waals surface area contributed by atoms with Crippen molar-refractivity contribution >= 4 is 28.9 Å². The van der Waals surface area contributed by atoms with Crippen LogP contribution < -0.4 is 4.90 Å². The molecule has 0 fully saturated rings. The molecule has 0 N–H and O–H groups in total. The zero-order chi connectivity index (χ0) is 33.3. The summed E-state index contributed by atoms with van der Waals surface area (Å²) in [6.07, 6.45) is 10.9. The van der Waals surface area contributed by atoms with Crippen LogP contribution in [0, 0.1) is 0 Å². The lowest BCUT2D eigenvalue weighted by Crippen LogP contribution is -2.34. The molecule has 1 aliphatic rings. The Morgan fingerprint density at radius 3 is 2.47 bits per heavy atom. The van der Waals surface area contributed by atoms with Crippen molar-refractivity contribution in [1.82, 2.24) is 19.1 Å². The summed E-state index contributed by atoms with van der Waals surface area (Å²) in [6.45, 7) is 15.1. The van der Waals surface area contributed by atoms with Crippen LogP contribution in [0.2, 0.25) is 0 Å². The van der Waals surface area contributed by atoms with Gasteiger partial charge < -0.3 is 14.2 Å². The maximum atomic E-state index is 13.7. The van der Waals surface area contributed by atoms with Crippen LogP contribution >= 0.6 is 0 Å². The molecule has 0 bridgehead atoms. The second-order valence-electron chi connectivity index (χ2n) is 13.8. The van der Waals surface area contributed by atoms with Crippen LogP contribution in [0.1, 0.15) is 88.8 Å². The van der Waals surface area contributed by atoms with E-state index in [1.54, 1.807) is 0 Å². The zero-order valence-electron chi connectivity index (χ0n) is 28.9. The normalized spacial score (nSPS) is 13.1. The summed E-state index contributed by atoms with van der Waals surface area (Å²) in [5.74, 6) is 1.78. The summed E-state index contributed by atoms with van der Waals surface area (Å²) in [5, 5.41) is 0. The maximum Gasteiger partial charge on any atom is 0.340 e. The number of imidazole rings is 2. The largest absolute Gasteiger partial charge is 0.465 e. The fraction of sp³-hybridized carbons (Fsp3) is 0.375. The molecule has 0 atom stereocenters. The second-order valence-corrected chi connectivity index (χ2v) is 13.8. The summed E-state index contributed by atoms with van der Waals surface area (Å²) >= 11 is 0. The third-order valence-corrected chi connectivity index (χ3v) is 9.18. The average Bonchev–Trinajstić information content (AvgIpc) is 3.66. The number of carbonyl (C=O) groups excluding carboxylic acids is 1. The summed E-state index contributed by atoms with van der Waals surface area (Å²) < 4.78 is 9.96. The van der Waals surface area contributed by atoms with E-state index < -0.39 is 0 Å². The summed E-state index contributed by atoms with van der Waals surface area (Å²) in [6, 6.07) is 21.0. The highest BCUT2D eigenvalue weighted by atomic mass is 16.5. The molecule has 1 aliphatic heterocycles. The molecule has 3 heterocycles. The molecule has 3 aromatic carbocycles. The molecule has 7 heteroatoms. The van der Waals surface area contributed by atoms with Gasteiger partial charge in [-0.05, 0) is 66.6 Å². The van der Waals surface area contributed by atoms with Crippen LogP contribution in [0.25, 0.3) is 45.3 Å². The number of ether oxygens (including phenoxy) is 1. The molecule has 5 aromatic rings. The highest BCUT2D eigenvalue weighted by Gasteiger charge is 2.30. The zero-order valence-corrected chi connectivity index (χ0v) is 28.9. The summed E-state index contributed by atoms with van der Waals surface area (Å²) in [5.41, 5.74) is 7.69. The quantitative estimate of drug-likeness (QED) is 0.114. The third kappa shape index (κ3) is 6.11. The van der Waals surface area contributed by atoms with Crippen molar-refractivity contribution in [2.75, 3.05) is 18.6 Å². The van der Waals surface area contributed by atoms with Gasteiger partial charge in [0.1, 0.15) is 23.7 Å². The molecule has 0 unspecified atom stereocenters. The van der Waals surface area contributed by atoms with Crippen LogP contribution in [-0.4, -0.2) is 44.8 Å². The number of aromatic nitrogens is 4. The standard InChI is InChI=1S/C40H47N5O2/c1-8-9-10-14-23-44-37(42-33-18-15-24-43(27(2)3)38(33)44)29-19-22-32-34(25-29)45(26-41-32)36-31(40(4,5)6)21-20-30(35(36)39(46)47-7)28-16-12-11-13-17-28/h11-13,15-22,25-27H,8-10,14,23-24H2,1-7H3. The van der Waals surface area contributed by atoms with Gasteiger partial charge in [0.15, 0.2) is 0 Å². The number of rotatable bonds is 10. The van der Waals surface area contributed by atoms with Gasteiger partial charge >= 0.3 is 5.97 Å². The number of carbonyl (C=O) groups is 1. The molecule has 0 aliphatic carbocycles. The monoisotopic (exact) mass is 629 g/mol. The van der Waals surface area contributed by atoms with Crippen molar-refractivity contribution in [3.8, 4) is 28.2 Å². The molecular formula is C40H47N5O2. The van der Waals surface area contributed by atoms with E-state index in [4.69, 9.17) is 14.7 Å². The van der Waals surface area contributed by atoms with Gasteiger partial charge in [-0.25, -0.2) is 14.8 Å². The minimum absolute atomic E-state index is 0.262. The van der Waals surface area contributed by atoms with Gasteiger partial charge in [0, 0.05) is 24.7 Å². The molecule has 47 heavy (non-hydrogen) atoms. The van der Waals surface area contributed by atoms with E-state index in [0.717, 1.165) is 70.0 Å². The molecular weight excluding hydrogens is 582 g/mol. The Hall–Kier alpha value is -4.65. The molecule has 0 radical (unpaired) electrons. The molecule has 2 aromatic heterocycles. The van der Waals surface area contributed by atoms with E-state index in [-0.39, 0.29) is 11.4 Å². The number of methoxy groups -OCH3 is 1. The Morgan fingerprint density at radius 1 is 0.979 bits per heavy atom. The van der Waals surface area contributed by atoms with Crippen LogP contribution in [0.5, 0.6) is 0 Å². The van der Waals surface area contributed by atoms with Crippen molar-refractivity contribution < 1.29 is 9.53 Å². The van der Waals surface area contributed by atoms with E-state index in [9.17, 15) is 4.79 Å². The first-order chi connectivity index (χ1) is 22.6. The van der Waals surface area contributed by atoms with Crippen LogP contribution in [0.15, 0.2) is 73.1 Å². The Bertz CT molecular complexity index is 1920. The van der Waals surface area contributed by atoms with Crippen molar-refractivity contribution in [2.45, 2.75) is 85.2 Å². The van der Waals surface area contributed by atoms with Gasteiger partial charge in [-0.15, -0.1) is 0 Å². The van der Waals surface area contributed by atoms with Gasteiger partial charge in [-0.3, -0.25) is 4.57 Å². The Balaban J connectivity index is 1.58. The van der Waals surface area contributed by atoms with Gasteiger partial charge in [0.25, 0.3) is 0 Å². The SMILES string of the molecule is CCCCCCn1c(-c2ccc3ncn(-c4c(C(C)(C)C)ccc(-c5ccccc5)c4C(=O)OC)c3c2)nc2c1N(C(C)C)CC=C2. The van der Waals surface area contributed by atoms with E-state index in [0.29, 0.717) is 11.6 Å². The molecule has 244 valence electrons. The van der Waals surface area contributed by atoms with Crippen LogP contribution in [0.3, 0.4) is 0 Å². The minimum atomic E-state index is -0.376. The number of fused-ring (bicyclic) bond motifs is 2. The van der Waals surface area contributed by atoms with Crippen molar-refractivity contribution in [1.29, 1.82) is 0 Å². The Kier molecular flexibility index (Phi) is 9.09. The second kappa shape index (κ2) is 13.2. The average molecular weight is 630 g/mol. The first kappa shape index (κ1) is 32.3. The van der Waals surface area contributed by atoms with Gasteiger partial charge in [0.05, 0.1) is 29.4 Å². The lowest BCUT2D eigenvalue weighted by Gasteiger charge is -2.31. The van der Waals surface area contributed by atoms with Crippen molar-refractivity contribution in [3.05, 3.63) is 89.9 Å². The Labute approximate surface area is 278 Å². The highest BCUT2D eigenvalue weighted by molar-refractivity contribution is 6.02. The molecule has 7 nitrogen and oxygen atoms in total. The number of esters is 1. The Morgan fingerprint density at radius 2 is 1.77 bits per heavy atom. The number of anilines is 1.